The molecule has 0 spiro atoms. The average molecular weight is 331 g/mol. The van der Waals surface area contributed by atoms with Crippen LogP contribution in [0, 0.1) is 11.6 Å². The third kappa shape index (κ3) is 2.71. The lowest BCUT2D eigenvalue weighted by Crippen LogP contribution is -2.21. The normalized spacial score (nSPS) is 10.6. The zero-order valence-electron chi connectivity index (χ0n) is 12.4. The summed E-state index contributed by atoms with van der Waals surface area (Å²) < 4.78 is 37.4. The lowest BCUT2D eigenvalue weighted by Gasteiger charge is -2.08. The van der Waals surface area contributed by atoms with Crippen LogP contribution in [-0.4, -0.2) is 13.0 Å². The number of halogens is 2. The van der Waals surface area contributed by atoms with Gasteiger partial charge in [-0.2, -0.15) is 0 Å². The van der Waals surface area contributed by atoms with Crippen LogP contribution in [0.3, 0.4) is 0 Å². The molecule has 24 heavy (non-hydrogen) atoms. The smallest absolute Gasteiger partial charge is 0.349 e. The van der Waals surface area contributed by atoms with E-state index in [9.17, 15) is 18.4 Å². The summed E-state index contributed by atoms with van der Waals surface area (Å²) >= 11 is 0. The van der Waals surface area contributed by atoms with Crippen LogP contribution in [0.4, 0.5) is 14.5 Å². The van der Waals surface area contributed by atoms with E-state index in [2.05, 4.69) is 0 Å². The van der Waals surface area contributed by atoms with Crippen molar-refractivity contribution in [1.82, 2.24) is 0 Å². The molecule has 0 aliphatic heterocycles. The van der Waals surface area contributed by atoms with Crippen LogP contribution in [0.25, 0.3) is 11.0 Å². The zero-order valence-corrected chi connectivity index (χ0v) is 12.4. The molecule has 3 aromatic rings. The maximum atomic E-state index is 13.6. The number of hydrogen-bond acceptors (Lipinski definition) is 4. The number of benzene rings is 2. The Morgan fingerprint density at radius 2 is 1.79 bits per heavy atom. The van der Waals surface area contributed by atoms with Crippen LogP contribution in [0.15, 0.2) is 51.7 Å². The van der Waals surface area contributed by atoms with E-state index in [4.69, 9.17) is 9.15 Å². The van der Waals surface area contributed by atoms with Gasteiger partial charge in [-0.15, -0.1) is 0 Å². The minimum atomic E-state index is -0.975. The number of amides is 1. The first kappa shape index (κ1) is 15.7. The zero-order chi connectivity index (χ0) is 17.3. The van der Waals surface area contributed by atoms with Gasteiger partial charge in [-0.25, -0.2) is 13.6 Å². The summed E-state index contributed by atoms with van der Waals surface area (Å²) in [4.78, 5) is 24.2. The molecule has 1 amide bonds. The molecule has 0 aliphatic carbocycles. The first-order chi connectivity index (χ1) is 11.5. The van der Waals surface area contributed by atoms with Gasteiger partial charge in [0.1, 0.15) is 22.9 Å². The molecule has 122 valence electrons. The van der Waals surface area contributed by atoms with Crippen LogP contribution in [0.2, 0.25) is 0 Å². The van der Waals surface area contributed by atoms with E-state index in [1.807, 2.05) is 5.32 Å². The number of ether oxygens (including phenoxy) is 1. The maximum absolute atomic E-state index is 13.6. The average Bonchev–Trinajstić information content (AvgIpc) is 2.57. The molecule has 0 fully saturated rings. The molecule has 1 N–H and O–H groups in total. The summed E-state index contributed by atoms with van der Waals surface area (Å²) in [6.07, 6.45) is 0. The van der Waals surface area contributed by atoms with Gasteiger partial charge in [-0.05, 0) is 24.3 Å². The minimum Gasteiger partial charge on any atom is -0.493 e. The van der Waals surface area contributed by atoms with Crippen LogP contribution in [-0.2, 0) is 0 Å². The van der Waals surface area contributed by atoms with Crippen molar-refractivity contribution in [2.45, 2.75) is 0 Å². The third-order valence-corrected chi connectivity index (χ3v) is 3.39. The number of fused-ring (bicyclic) bond motifs is 1. The molecule has 2 aromatic carbocycles. The van der Waals surface area contributed by atoms with E-state index < -0.39 is 28.9 Å². The van der Waals surface area contributed by atoms with E-state index in [0.29, 0.717) is 11.1 Å². The Kier molecular flexibility index (Phi) is 3.99. The van der Waals surface area contributed by atoms with Crippen molar-refractivity contribution in [3.8, 4) is 5.75 Å². The number of methoxy groups -OCH3 is 1. The summed E-state index contributed by atoms with van der Waals surface area (Å²) in [5.41, 5.74) is -1.77. The Bertz CT molecular complexity index is 977. The van der Waals surface area contributed by atoms with E-state index >= 15 is 0 Å². The van der Waals surface area contributed by atoms with Crippen molar-refractivity contribution >= 4 is 22.6 Å². The van der Waals surface area contributed by atoms with Gasteiger partial charge in [0.05, 0.1) is 7.11 Å². The number of hydrogen-bond donors (Lipinski definition) is 1. The molecule has 0 atom stereocenters. The standard InChI is InChI=1S/C17H11F2NO4/c1-23-13-7-2-4-9-8-10(17(22)24-15(9)13)16(21)20-14-11(18)5-3-6-12(14)19/h2-8H,1H3,(H,20,21). The van der Waals surface area contributed by atoms with Gasteiger partial charge in [0.2, 0.25) is 0 Å². The topological polar surface area (TPSA) is 68.5 Å². The van der Waals surface area contributed by atoms with Crippen molar-refractivity contribution in [2.75, 3.05) is 12.4 Å². The molecule has 0 bridgehead atoms. The van der Waals surface area contributed by atoms with Gasteiger partial charge < -0.3 is 14.5 Å². The van der Waals surface area contributed by atoms with Crippen molar-refractivity contribution < 1.29 is 22.7 Å². The largest absolute Gasteiger partial charge is 0.493 e. The Morgan fingerprint density at radius 3 is 2.46 bits per heavy atom. The molecule has 0 unspecified atom stereocenters. The summed E-state index contributed by atoms with van der Waals surface area (Å²) in [7, 11) is 1.41. The quantitative estimate of drug-likeness (QED) is 0.748. The second-order valence-corrected chi connectivity index (χ2v) is 4.88. The van der Waals surface area contributed by atoms with E-state index in [1.165, 1.54) is 13.2 Å². The lowest BCUT2D eigenvalue weighted by atomic mass is 10.1. The fourth-order valence-electron chi connectivity index (χ4n) is 2.23. The highest BCUT2D eigenvalue weighted by atomic mass is 19.1. The molecule has 5 nitrogen and oxygen atoms in total. The van der Waals surface area contributed by atoms with Crippen molar-refractivity contribution in [1.29, 1.82) is 0 Å². The van der Waals surface area contributed by atoms with Crippen molar-refractivity contribution in [3.63, 3.8) is 0 Å². The van der Waals surface area contributed by atoms with Gasteiger partial charge in [0.25, 0.3) is 5.91 Å². The Balaban J connectivity index is 2.05. The number of carbonyl (C=O) groups is 1. The summed E-state index contributed by atoms with van der Waals surface area (Å²) in [5, 5.41) is 2.49. The molecular formula is C17H11F2NO4. The van der Waals surface area contributed by atoms with Gasteiger partial charge in [0.15, 0.2) is 11.3 Å². The number of rotatable bonds is 3. The predicted molar refractivity (Wildman–Crippen MR) is 83.3 cm³/mol. The molecule has 3 rings (SSSR count). The maximum Gasteiger partial charge on any atom is 0.349 e. The number of anilines is 1. The highest BCUT2D eigenvalue weighted by Crippen LogP contribution is 2.25. The fourth-order valence-corrected chi connectivity index (χ4v) is 2.23. The van der Waals surface area contributed by atoms with Gasteiger partial charge in [-0.3, -0.25) is 4.79 Å². The predicted octanol–water partition coefficient (Wildman–Crippen LogP) is 3.33. The highest BCUT2D eigenvalue weighted by Gasteiger charge is 2.18. The van der Waals surface area contributed by atoms with Gasteiger partial charge in [-0.1, -0.05) is 18.2 Å². The lowest BCUT2D eigenvalue weighted by molar-refractivity contribution is 0.102. The highest BCUT2D eigenvalue weighted by molar-refractivity contribution is 6.05. The first-order valence-corrected chi connectivity index (χ1v) is 6.87. The SMILES string of the molecule is COc1cccc2cc(C(=O)Nc3c(F)cccc3F)c(=O)oc12. The molecular weight excluding hydrogens is 320 g/mol. The van der Waals surface area contributed by atoms with E-state index in [1.54, 1.807) is 18.2 Å². The molecule has 0 aliphatic rings. The van der Waals surface area contributed by atoms with Crippen LogP contribution >= 0.6 is 0 Å². The fraction of sp³-hybridized carbons (Fsp3) is 0.0588. The third-order valence-electron chi connectivity index (χ3n) is 3.39. The number of para-hydroxylation sites is 2. The second kappa shape index (κ2) is 6.11. The van der Waals surface area contributed by atoms with E-state index in [0.717, 1.165) is 18.2 Å². The van der Waals surface area contributed by atoms with E-state index in [-0.39, 0.29) is 11.1 Å². The molecule has 0 radical (unpaired) electrons. The summed E-state index contributed by atoms with van der Waals surface area (Å²) in [6, 6.07) is 9.29. The van der Waals surface area contributed by atoms with Crippen LogP contribution < -0.4 is 15.7 Å². The van der Waals surface area contributed by atoms with Crippen LogP contribution in [0.5, 0.6) is 5.75 Å². The Hall–Kier alpha value is -3.22. The Morgan fingerprint density at radius 1 is 1.12 bits per heavy atom. The van der Waals surface area contributed by atoms with Gasteiger partial charge >= 0.3 is 5.63 Å². The van der Waals surface area contributed by atoms with Crippen molar-refractivity contribution in [2.24, 2.45) is 0 Å². The molecule has 0 saturated heterocycles. The first-order valence-electron chi connectivity index (χ1n) is 6.87. The minimum absolute atomic E-state index is 0.179. The van der Waals surface area contributed by atoms with Gasteiger partial charge in [0, 0.05) is 5.39 Å². The number of nitrogens with one attached hydrogen (secondary N) is 1. The monoisotopic (exact) mass is 331 g/mol. The molecule has 1 heterocycles. The molecule has 0 saturated carbocycles. The van der Waals surface area contributed by atoms with Crippen molar-refractivity contribution in [3.05, 3.63) is 70.1 Å². The molecule has 1 aromatic heterocycles. The summed E-state index contributed by atoms with van der Waals surface area (Å²) in [6.45, 7) is 0. The number of carbonyl (C=O) groups excluding carboxylic acids is 1. The second-order valence-electron chi connectivity index (χ2n) is 4.88. The molecule has 7 heteroatoms. The summed E-state index contributed by atoms with van der Waals surface area (Å²) in [5.74, 6) is -2.54. The Labute approximate surface area is 134 Å². The van der Waals surface area contributed by atoms with Crippen LogP contribution in [0.1, 0.15) is 10.4 Å².